The predicted octanol–water partition coefficient (Wildman–Crippen LogP) is 2.60. The average molecular weight is 351 g/mol. The van der Waals surface area contributed by atoms with Gasteiger partial charge in [0.05, 0.1) is 0 Å². The number of benzene rings is 2. The van der Waals surface area contributed by atoms with E-state index >= 15 is 0 Å². The number of carbonyl (C=O) groups is 2. The molecular weight excluding hydrogens is 336 g/mol. The van der Waals surface area contributed by atoms with E-state index < -0.39 is 12.0 Å². The Balaban J connectivity index is 2.10. The van der Waals surface area contributed by atoms with Crippen LogP contribution >= 0.6 is 15.9 Å². The van der Waals surface area contributed by atoms with Gasteiger partial charge >= 0.3 is 5.97 Å². The van der Waals surface area contributed by atoms with Crippen molar-refractivity contribution in [3.05, 3.63) is 40.9 Å². The first-order chi connectivity index (χ1) is 9.95. The number of carboxylic acids is 1. The monoisotopic (exact) mass is 350 g/mol. The van der Waals surface area contributed by atoms with Gasteiger partial charge in [-0.15, -0.1) is 0 Å². The predicted molar refractivity (Wildman–Crippen MR) is 85.4 cm³/mol. The van der Waals surface area contributed by atoms with E-state index in [1.807, 2.05) is 36.4 Å². The minimum absolute atomic E-state index is 0.122. The van der Waals surface area contributed by atoms with E-state index in [4.69, 9.17) is 5.11 Å². The summed E-state index contributed by atoms with van der Waals surface area (Å²) in [6, 6.07) is 10.8. The molecule has 21 heavy (non-hydrogen) atoms. The van der Waals surface area contributed by atoms with Crippen LogP contribution < -0.4 is 10.6 Å². The summed E-state index contributed by atoms with van der Waals surface area (Å²) in [5.41, 5.74) is 0.807. The van der Waals surface area contributed by atoms with Crippen molar-refractivity contribution in [2.24, 2.45) is 0 Å². The van der Waals surface area contributed by atoms with E-state index in [1.54, 1.807) is 0 Å². The summed E-state index contributed by atoms with van der Waals surface area (Å²) in [5.74, 6) is -1.44. The van der Waals surface area contributed by atoms with Gasteiger partial charge in [-0.05, 0) is 35.0 Å². The Labute approximate surface area is 130 Å². The SMILES string of the molecule is CC(=O)NC(CNc1ccc2cc(Br)ccc2c1)C(=O)O. The maximum Gasteiger partial charge on any atom is 0.328 e. The summed E-state index contributed by atoms with van der Waals surface area (Å²) in [5, 5.41) is 16.6. The fourth-order valence-electron chi connectivity index (χ4n) is 1.99. The lowest BCUT2D eigenvalue weighted by Crippen LogP contribution is -2.44. The molecule has 3 N–H and O–H groups in total. The van der Waals surface area contributed by atoms with E-state index in [-0.39, 0.29) is 12.5 Å². The second kappa shape index (κ2) is 6.58. The van der Waals surface area contributed by atoms with Crippen LogP contribution in [-0.4, -0.2) is 29.6 Å². The molecule has 6 heteroatoms. The van der Waals surface area contributed by atoms with Crippen molar-refractivity contribution in [1.29, 1.82) is 0 Å². The van der Waals surface area contributed by atoms with Crippen LogP contribution in [0, 0.1) is 0 Å². The quantitative estimate of drug-likeness (QED) is 0.774. The number of aliphatic carboxylic acids is 1. The molecule has 0 aromatic heterocycles. The summed E-state index contributed by atoms with van der Waals surface area (Å²) in [4.78, 5) is 22.0. The number of hydrogen-bond acceptors (Lipinski definition) is 3. The lowest BCUT2D eigenvalue weighted by atomic mass is 10.1. The Morgan fingerprint density at radius 3 is 2.52 bits per heavy atom. The van der Waals surface area contributed by atoms with E-state index in [9.17, 15) is 9.59 Å². The van der Waals surface area contributed by atoms with Crippen molar-refractivity contribution in [2.75, 3.05) is 11.9 Å². The zero-order chi connectivity index (χ0) is 15.4. The molecule has 1 amide bonds. The molecule has 5 nitrogen and oxygen atoms in total. The second-order valence-corrected chi connectivity index (χ2v) is 5.59. The number of halogens is 1. The molecule has 0 saturated carbocycles. The molecule has 0 fully saturated rings. The Hall–Kier alpha value is -2.08. The Bertz CT molecular complexity index is 688. The lowest BCUT2D eigenvalue weighted by Gasteiger charge is -2.15. The zero-order valence-electron chi connectivity index (χ0n) is 11.4. The second-order valence-electron chi connectivity index (χ2n) is 4.68. The van der Waals surface area contributed by atoms with Gasteiger partial charge in [-0.1, -0.05) is 28.1 Å². The number of carbonyl (C=O) groups excluding carboxylic acids is 1. The fourth-order valence-corrected chi connectivity index (χ4v) is 2.37. The molecule has 0 saturated heterocycles. The third-order valence-electron chi connectivity index (χ3n) is 2.99. The number of hydrogen-bond donors (Lipinski definition) is 3. The molecule has 1 unspecified atom stereocenters. The Morgan fingerprint density at radius 2 is 1.86 bits per heavy atom. The van der Waals surface area contributed by atoms with E-state index in [1.165, 1.54) is 6.92 Å². The molecule has 0 aliphatic rings. The largest absolute Gasteiger partial charge is 0.480 e. The highest BCUT2D eigenvalue weighted by Crippen LogP contribution is 2.22. The standard InChI is InChI=1S/C15H15BrN2O3/c1-9(19)18-14(15(20)21)8-17-13-5-3-10-6-12(16)4-2-11(10)7-13/h2-7,14,17H,8H2,1H3,(H,18,19)(H,20,21). The molecular formula is C15H15BrN2O3. The fraction of sp³-hybridized carbons (Fsp3) is 0.200. The van der Waals surface area contributed by atoms with Gasteiger partial charge in [-0.25, -0.2) is 4.79 Å². The first kappa shape index (κ1) is 15.3. The molecule has 110 valence electrons. The van der Waals surface area contributed by atoms with Gasteiger partial charge in [0.25, 0.3) is 0 Å². The van der Waals surface area contributed by atoms with Crippen molar-refractivity contribution in [3.8, 4) is 0 Å². The van der Waals surface area contributed by atoms with Crippen molar-refractivity contribution in [1.82, 2.24) is 5.32 Å². The van der Waals surface area contributed by atoms with Crippen molar-refractivity contribution >= 4 is 44.3 Å². The number of rotatable bonds is 5. The summed E-state index contributed by atoms with van der Waals surface area (Å²) < 4.78 is 1.01. The highest BCUT2D eigenvalue weighted by molar-refractivity contribution is 9.10. The first-order valence-corrected chi connectivity index (χ1v) is 7.18. The number of fused-ring (bicyclic) bond motifs is 1. The minimum Gasteiger partial charge on any atom is -0.480 e. The van der Waals surface area contributed by atoms with Gasteiger partial charge in [-0.3, -0.25) is 4.79 Å². The van der Waals surface area contributed by atoms with Crippen molar-refractivity contribution < 1.29 is 14.7 Å². The van der Waals surface area contributed by atoms with Gasteiger partial charge in [0, 0.05) is 23.6 Å². The number of carboxylic acid groups (broad SMARTS) is 1. The lowest BCUT2D eigenvalue weighted by molar-refractivity contribution is -0.141. The molecule has 1 atom stereocenters. The van der Waals surface area contributed by atoms with E-state index in [0.717, 1.165) is 20.9 Å². The highest BCUT2D eigenvalue weighted by Gasteiger charge is 2.17. The molecule has 0 heterocycles. The zero-order valence-corrected chi connectivity index (χ0v) is 13.0. The summed E-state index contributed by atoms with van der Waals surface area (Å²) in [6.45, 7) is 1.42. The normalized spacial score (nSPS) is 11.9. The molecule has 0 spiro atoms. The van der Waals surface area contributed by atoms with Crippen LogP contribution in [0.5, 0.6) is 0 Å². The van der Waals surface area contributed by atoms with Crippen molar-refractivity contribution in [2.45, 2.75) is 13.0 Å². The third-order valence-corrected chi connectivity index (χ3v) is 3.48. The van der Waals surface area contributed by atoms with Gasteiger partial charge in [-0.2, -0.15) is 0 Å². The summed E-state index contributed by atoms with van der Waals surface area (Å²) in [7, 11) is 0. The number of nitrogens with one attached hydrogen (secondary N) is 2. The topological polar surface area (TPSA) is 78.4 Å². The van der Waals surface area contributed by atoms with Crippen LogP contribution in [-0.2, 0) is 9.59 Å². The highest BCUT2D eigenvalue weighted by atomic mass is 79.9. The molecule has 2 rings (SSSR count). The molecule has 2 aromatic carbocycles. The van der Waals surface area contributed by atoms with Crippen LogP contribution in [0.1, 0.15) is 6.92 Å². The molecule has 0 bridgehead atoms. The van der Waals surface area contributed by atoms with Gasteiger partial charge in [0.2, 0.25) is 5.91 Å². The Kier molecular flexibility index (Phi) is 4.80. The molecule has 0 aliphatic heterocycles. The summed E-state index contributed by atoms with van der Waals surface area (Å²) in [6.07, 6.45) is 0. The van der Waals surface area contributed by atoms with Crippen LogP contribution in [0.3, 0.4) is 0 Å². The number of amides is 1. The van der Waals surface area contributed by atoms with Crippen LogP contribution in [0.15, 0.2) is 40.9 Å². The number of anilines is 1. The average Bonchev–Trinajstić information content (AvgIpc) is 2.42. The Morgan fingerprint density at radius 1 is 1.19 bits per heavy atom. The molecule has 0 radical (unpaired) electrons. The first-order valence-electron chi connectivity index (χ1n) is 6.39. The van der Waals surface area contributed by atoms with Crippen LogP contribution in [0.2, 0.25) is 0 Å². The smallest absolute Gasteiger partial charge is 0.328 e. The maximum atomic E-state index is 11.0. The molecule has 2 aromatic rings. The van der Waals surface area contributed by atoms with Gasteiger partial charge in [0.15, 0.2) is 0 Å². The molecule has 0 aliphatic carbocycles. The van der Waals surface area contributed by atoms with E-state index in [2.05, 4.69) is 26.6 Å². The summed E-state index contributed by atoms with van der Waals surface area (Å²) >= 11 is 3.42. The third kappa shape index (κ3) is 4.19. The van der Waals surface area contributed by atoms with Gasteiger partial charge < -0.3 is 15.7 Å². The van der Waals surface area contributed by atoms with Gasteiger partial charge in [0.1, 0.15) is 6.04 Å². The van der Waals surface area contributed by atoms with Crippen molar-refractivity contribution in [3.63, 3.8) is 0 Å². The van der Waals surface area contributed by atoms with Crippen LogP contribution in [0.4, 0.5) is 5.69 Å². The van der Waals surface area contributed by atoms with E-state index in [0.29, 0.717) is 0 Å². The van der Waals surface area contributed by atoms with Crippen LogP contribution in [0.25, 0.3) is 10.8 Å². The minimum atomic E-state index is -1.07. The maximum absolute atomic E-state index is 11.0.